The number of aliphatic hydroxyl groups excluding tert-OH is 1. The van der Waals surface area contributed by atoms with E-state index in [1.807, 2.05) is 20.0 Å². The van der Waals surface area contributed by atoms with Crippen LogP contribution in [0.4, 0.5) is 4.39 Å². The number of nitrogens with one attached hydrogen (secondary N) is 1. The van der Waals surface area contributed by atoms with E-state index in [1.54, 1.807) is 10.6 Å². The minimum absolute atomic E-state index is 0.0942. The van der Waals surface area contributed by atoms with Gasteiger partial charge < -0.3 is 24.3 Å². The van der Waals surface area contributed by atoms with Gasteiger partial charge in [-0.15, -0.1) is 0 Å². The maximum Gasteiger partial charge on any atom is 0.275 e. The van der Waals surface area contributed by atoms with Crippen molar-refractivity contribution in [2.24, 2.45) is 0 Å². The maximum atomic E-state index is 13.6. The molecule has 0 atom stereocenters. The number of H-pyrrole nitrogens is 1. The summed E-state index contributed by atoms with van der Waals surface area (Å²) in [4.78, 5) is 23.0. The van der Waals surface area contributed by atoms with Gasteiger partial charge in [-0.2, -0.15) is 4.31 Å². The number of halogens is 1. The Labute approximate surface area is 228 Å². The van der Waals surface area contributed by atoms with Gasteiger partial charge >= 0.3 is 0 Å². The third kappa shape index (κ3) is 6.34. The Bertz CT molecular complexity index is 1430. The molecule has 1 fully saturated rings. The standard InChI is InChI=1S/C27H38FN5O5S/c1-3-17-38-23-9-8-21(39(36,37)33-14-12-31(13-15-33)11-6-16-34)18-22(23)26-29-24-20(7-5-10-28)19-32(4-2)25(24)27(35)30-26/h8-9,18-19,34H,3-7,10-17H2,1-2H3,(H,29,30,35). The van der Waals surface area contributed by atoms with Crippen molar-refractivity contribution in [1.82, 2.24) is 23.7 Å². The van der Waals surface area contributed by atoms with Crippen LogP contribution < -0.4 is 10.3 Å². The number of nitrogens with zero attached hydrogens (tertiary/aromatic N) is 4. The quantitative estimate of drug-likeness (QED) is 0.328. The van der Waals surface area contributed by atoms with Gasteiger partial charge in [-0.25, -0.2) is 13.4 Å². The molecular formula is C27H38FN5O5S. The van der Waals surface area contributed by atoms with Gasteiger partial charge in [0.25, 0.3) is 5.56 Å². The minimum atomic E-state index is -3.81. The fraction of sp³-hybridized carbons (Fsp3) is 0.556. The van der Waals surface area contributed by atoms with Crippen molar-refractivity contribution in [2.45, 2.75) is 51.0 Å². The van der Waals surface area contributed by atoms with Crippen molar-refractivity contribution >= 4 is 21.1 Å². The molecule has 0 saturated carbocycles. The molecule has 3 heterocycles. The Balaban J connectivity index is 1.75. The Hall–Kier alpha value is -2.80. The van der Waals surface area contributed by atoms with Gasteiger partial charge in [0, 0.05) is 52.1 Å². The molecule has 0 spiro atoms. The molecule has 12 heteroatoms. The number of hydrogen-bond acceptors (Lipinski definition) is 7. The number of ether oxygens (including phenoxy) is 1. The SMILES string of the molecule is CCCOc1ccc(S(=O)(=O)N2CCN(CCCO)CC2)cc1-c1nc2c(CCCF)cn(CC)c2c(=O)[nH]1. The third-order valence-corrected chi connectivity index (χ3v) is 8.88. The normalized spacial score (nSPS) is 15.3. The van der Waals surface area contributed by atoms with Crippen molar-refractivity contribution in [3.63, 3.8) is 0 Å². The summed E-state index contributed by atoms with van der Waals surface area (Å²) in [5.74, 6) is 0.632. The van der Waals surface area contributed by atoms with Crippen molar-refractivity contribution in [3.8, 4) is 17.1 Å². The largest absolute Gasteiger partial charge is 0.493 e. The molecule has 2 N–H and O–H groups in total. The molecular weight excluding hydrogens is 525 g/mol. The van der Waals surface area contributed by atoms with E-state index >= 15 is 0 Å². The number of alkyl halides is 1. The first-order valence-electron chi connectivity index (χ1n) is 13.6. The summed E-state index contributed by atoms with van der Waals surface area (Å²) in [5.41, 5.74) is 1.70. The maximum absolute atomic E-state index is 13.6. The highest BCUT2D eigenvalue weighted by atomic mass is 32.2. The molecule has 4 rings (SSSR count). The first kappa shape index (κ1) is 29.2. The Kier molecular flexibility index (Phi) is 9.76. The average molecular weight is 564 g/mol. The lowest BCUT2D eigenvalue weighted by atomic mass is 10.1. The number of aromatic amines is 1. The second kappa shape index (κ2) is 13.0. The molecule has 0 amide bonds. The van der Waals surface area contributed by atoms with Crippen molar-refractivity contribution in [2.75, 3.05) is 52.6 Å². The van der Waals surface area contributed by atoms with E-state index in [1.165, 1.54) is 16.4 Å². The summed E-state index contributed by atoms with van der Waals surface area (Å²) in [6.07, 6.45) is 3.99. The molecule has 1 aliphatic rings. The zero-order valence-corrected chi connectivity index (χ0v) is 23.5. The highest BCUT2D eigenvalue weighted by molar-refractivity contribution is 7.89. The number of benzene rings is 1. The van der Waals surface area contributed by atoms with Gasteiger partial charge in [0.15, 0.2) is 0 Å². The number of rotatable bonds is 13. The summed E-state index contributed by atoms with van der Waals surface area (Å²) in [6.45, 7) is 7.09. The van der Waals surface area contributed by atoms with Gasteiger partial charge in [-0.05, 0) is 56.4 Å². The zero-order chi connectivity index (χ0) is 28.0. The average Bonchev–Trinajstić information content (AvgIpc) is 3.32. The van der Waals surface area contributed by atoms with E-state index in [9.17, 15) is 17.6 Å². The van der Waals surface area contributed by atoms with Crippen LogP contribution >= 0.6 is 0 Å². The Morgan fingerprint density at radius 3 is 2.59 bits per heavy atom. The molecule has 10 nitrogen and oxygen atoms in total. The monoisotopic (exact) mass is 563 g/mol. The second-order valence-electron chi connectivity index (χ2n) is 9.67. The van der Waals surface area contributed by atoms with Crippen LogP contribution in [-0.2, 0) is 23.0 Å². The van der Waals surface area contributed by atoms with Crippen LogP contribution in [0, 0.1) is 0 Å². The molecule has 3 aromatic rings. The number of aromatic nitrogens is 3. The van der Waals surface area contributed by atoms with E-state index in [0.717, 1.165) is 18.5 Å². The van der Waals surface area contributed by atoms with Gasteiger partial charge in [0.2, 0.25) is 10.0 Å². The Morgan fingerprint density at radius 1 is 1.15 bits per heavy atom. The van der Waals surface area contributed by atoms with E-state index in [4.69, 9.17) is 14.8 Å². The lowest BCUT2D eigenvalue weighted by Crippen LogP contribution is -2.48. The van der Waals surface area contributed by atoms with Crippen molar-refractivity contribution in [3.05, 3.63) is 40.3 Å². The fourth-order valence-corrected chi connectivity index (χ4v) is 6.37. The van der Waals surface area contributed by atoms with Crippen molar-refractivity contribution < 1.29 is 22.7 Å². The van der Waals surface area contributed by atoms with Crippen LogP contribution in [0.2, 0.25) is 0 Å². The molecule has 2 aromatic heterocycles. The molecule has 1 aliphatic heterocycles. The number of fused-ring (bicyclic) bond motifs is 1. The second-order valence-corrected chi connectivity index (χ2v) is 11.6. The molecule has 0 aliphatic carbocycles. The van der Waals surface area contributed by atoms with Crippen LogP contribution in [0.15, 0.2) is 34.1 Å². The number of hydrogen-bond donors (Lipinski definition) is 2. The van der Waals surface area contributed by atoms with E-state index in [2.05, 4.69) is 9.88 Å². The summed E-state index contributed by atoms with van der Waals surface area (Å²) < 4.78 is 49.4. The predicted octanol–water partition coefficient (Wildman–Crippen LogP) is 2.79. The van der Waals surface area contributed by atoms with Crippen molar-refractivity contribution in [1.29, 1.82) is 0 Å². The van der Waals surface area contributed by atoms with Gasteiger partial charge in [0.1, 0.15) is 17.1 Å². The number of aliphatic hydroxyl groups is 1. The molecule has 1 saturated heterocycles. The minimum Gasteiger partial charge on any atom is -0.493 e. The summed E-state index contributed by atoms with van der Waals surface area (Å²) in [6, 6.07) is 4.65. The first-order chi connectivity index (χ1) is 18.8. The number of aryl methyl sites for hydroxylation is 2. The van der Waals surface area contributed by atoms with Crippen LogP contribution in [0.25, 0.3) is 22.4 Å². The molecule has 214 valence electrons. The van der Waals surface area contributed by atoms with Crippen LogP contribution in [0.3, 0.4) is 0 Å². The van der Waals surface area contributed by atoms with Crippen LogP contribution in [-0.4, -0.2) is 89.9 Å². The van der Waals surface area contributed by atoms with Crippen LogP contribution in [0.1, 0.15) is 38.7 Å². The molecule has 0 bridgehead atoms. The molecule has 0 unspecified atom stereocenters. The molecule has 39 heavy (non-hydrogen) atoms. The molecule has 0 radical (unpaired) electrons. The lowest BCUT2D eigenvalue weighted by molar-refractivity contribution is 0.171. The topological polar surface area (TPSA) is 121 Å². The predicted molar refractivity (Wildman–Crippen MR) is 148 cm³/mol. The van der Waals surface area contributed by atoms with E-state index in [-0.39, 0.29) is 22.9 Å². The van der Waals surface area contributed by atoms with Crippen LogP contribution in [0.5, 0.6) is 5.75 Å². The highest BCUT2D eigenvalue weighted by Crippen LogP contribution is 2.33. The lowest BCUT2D eigenvalue weighted by Gasteiger charge is -2.33. The van der Waals surface area contributed by atoms with E-state index in [0.29, 0.717) is 80.9 Å². The summed E-state index contributed by atoms with van der Waals surface area (Å²) >= 11 is 0. The summed E-state index contributed by atoms with van der Waals surface area (Å²) in [7, 11) is -3.81. The van der Waals surface area contributed by atoms with E-state index < -0.39 is 16.7 Å². The highest BCUT2D eigenvalue weighted by Gasteiger charge is 2.29. The Morgan fingerprint density at radius 2 is 1.92 bits per heavy atom. The smallest absolute Gasteiger partial charge is 0.275 e. The first-order valence-corrected chi connectivity index (χ1v) is 15.1. The molecule has 1 aromatic carbocycles. The third-order valence-electron chi connectivity index (χ3n) is 6.99. The van der Waals surface area contributed by atoms with Gasteiger partial charge in [-0.1, -0.05) is 6.92 Å². The number of sulfonamides is 1. The summed E-state index contributed by atoms with van der Waals surface area (Å²) in [5, 5.41) is 9.08. The van der Waals surface area contributed by atoms with Gasteiger partial charge in [-0.3, -0.25) is 9.18 Å². The van der Waals surface area contributed by atoms with Gasteiger partial charge in [0.05, 0.1) is 29.3 Å². The zero-order valence-electron chi connectivity index (χ0n) is 22.7. The fourth-order valence-electron chi connectivity index (χ4n) is 4.92. The number of piperazine rings is 1.